The van der Waals surface area contributed by atoms with Crippen LogP contribution in [0.5, 0.6) is 0 Å². The van der Waals surface area contributed by atoms with Gasteiger partial charge in [0.2, 0.25) is 0 Å². The molecule has 0 radical (unpaired) electrons. The molecule has 33 heavy (non-hydrogen) atoms. The number of benzene rings is 2. The van der Waals surface area contributed by atoms with E-state index in [4.69, 9.17) is 0 Å². The van der Waals surface area contributed by atoms with Gasteiger partial charge in [-0.15, -0.1) is 0 Å². The van der Waals surface area contributed by atoms with Crippen LogP contribution in [0.3, 0.4) is 0 Å². The zero-order valence-corrected chi connectivity index (χ0v) is 17.9. The maximum Gasteiger partial charge on any atom is 0.332 e. The number of H-pyrrole nitrogens is 1. The number of anilines is 1. The van der Waals surface area contributed by atoms with Gasteiger partial charge in [-0.1, -0.05) is 30.3 Å². The first-order valence-electron chi connectivity index (χ1n) is 10.9. The fourth-order valence-corrected chi connectivity index (χ4v) is 4.51. The molecular weight excluding hydrogens is 423 g/mol. The lowest BCUT2D eigenvalue weighted by Gasteiger charge is -2.36. The van der Waals surface area contributed by atoms with Crippen LogP contribution < -0.4 is 4.90 Å². The molecule has 2 fully saturated rings. The first-order chi connectivity index (χ1) is 16.0. The molecule has 4 amide bonds. The Labute approximate surface area is 190 Å². The van der Waals surface area contributed by atoms with Gasteiger partial charge in [0.05, 0.1) is 5.69 Å². The van der Waals surface area contributed by atoms with E-state index in [2.05, 4.69) is 4.98 Å². The van der Waals surface area contributed by atoms with Crippen molar-refractivity contribution in [3.8, 4) is 11.1 Å². The minimum Gasteiger partial charge on any atom is -0.357 e. The summed E-state index contributed by atoms with van der Waals surface area (Å²) in [5, 5.41) is 0. The second-order valence-electron chi connectivity index (χ2n) is 8.31. The summed E-state index contributed by atoms with van der Waals surface area (Å²) in [6.45, 7) is 1.05. The van der Waals surface area contributed by atoms with Crippen LogP contribution in [0.4, 0.5) is 14.9 Å². The van der Waals surface area contributed by atoms with Gasteiger partial charge in [-0.2, -0.15) is 0 Å². The summed E-state index contributed by atoms with van der Waals surface area (Å²) in [6, 6.07) is 16.4. The van der Waals surface area contributed by atoms with Crippen molar-refractivity contribution in [2.24, 2.45) is 0 Å². The van der Waals surface area contributed by atoms with Crippen molar-refractivity contribution in [2.45, 2.75) is 18.9 Å². The summed E-state index contributed by atoms with van der Waals surface area (Å²) in [7, 11) is 0. The van der Waals surface area contributed by atoms with Crippen LogP contribution in [0.1, 0.15) is 23.3 Å². The Morgan fingerprint density at radius 2 is 1.64 bits per heavy atom. The van der Waals surface area contributed by atoms with Crippen LogP contribution >= 0.6 is 0 Å². The Morgan fingerprint density at radius 1 is 0.939 bits per heavy atom. The van der Waals surface area contributed by atoms with Crippen LogP contribution in [0.25, 0.3) is 11.1 Å². The number of aromatic amines is 1. The number of urea groups is 1. The van der Waals surface area contributed by atoms with Crippen LogP contribution in [0.15, 0.2) is 66.9 Å². The van der Waals surface area contributed by atoms with E-state index in [1.807, 2.05) is 6.07 Å². The largest absolute Gasteiger partial charge is 0.357 e. The molecule has 0 atom stereocenters. The second kappa shape index (κ2) is 8.54. The van der Waals surface area contributed by atoms with E-state index in [0.717, 1.165) is 11.1 Å². The van der Waals surface area contributed by atoms with Gasteiger partial charge in [0.25, 0.3) is 11.8 Å². The Hall–Kier alpha value is -3.94. The van der Waals surface area contributed by atoms with Crippen LogP contribution in [0, 0.1) is 5.82 Å². The summed E-state index contributed by atoms with van der Waals surface area (Å²) in [5.74, 6) is -0.653. The number of halogens is 1. The number of rotatable bonds is 4. The third kappa shape index (κ3) is 4.00. The highest BCUT2D eigenvalue weighted by atomic mass is 19.1. The molecule has 0 spiro atoms. The van der Waals surface area contributed by atoms with E-state index in [1.165, 1.54) is 17.0 Å². The molecule has 0 saturated carbocycles. The number of aromatic nitrogens is 1. The SMILES string of the molecule is O=C(c1cc(-c2ccc(F)cc2)c[nH]1)N1CCC(N2CC(=O)N(c3ccccc3)C2=O)CC1. The minimum atomic E-state index is -0.307. The number of piperidine rings is 1. The molecule has 0 unspecified atom stereocenters. The molecule has 2 aliphatic heterocycles. The summed E-state index contributed by atoms with van der Waals surface area (Å²) >= 11 is 0. The summed E-state index contributed by atoms with van der Waals surface area (Å²) in [6.07, 6.45) is 2.96. The topological polar surface area (TPSA) is 76.7 Å². The van der Waals surface area contributed by atoms with E-state index in [1.54, 1.807) is 58.5 Å². The second-order valence-corrected chi connectivity index (χ2v) is 8.31. The Balaban J connectivity index is 1.22. The number of imide groups is 1. The Bertz CT molecular complexity index is 1180. The molecule has 2 aliphatic rings. The number of nitrogens with one attached hydrogen (secondary N) is 1. The quantitative estimate of drug-likeness (QED) is 0.618. The number of carbonyl (C=O) groups excluding carboxylic acids is 3. The van der Waals surface area contributed by atoms with Crippen LogP contribution in [0.2, 0.25) is 0 Å². The maximum atomic E-state index is 13.2. The van der Waals surface area contributed by atoms with Gasteiger partial charge in [-0.3, -0.25) is 9.59 Å². The Kier molecular flexibility index (Phi) is 5.42. The lowest BCUT2D eigenvalue weighted by Crippen LogP contribution is -2.48. The molecule has 0 bridgehead atoms. The predicted molar refractivity (Wildman–Crippen MR) is 121 cm³/mol. The molecule has 7 nitrogen and oxygen atoms in total. The fraction of sp³-hybridized carbons (Fsp3) is 0.240. The monoisotopic (exact) mass is 446 g/mol. The van der Waals surface area contributed by atoms with Gasteiger partial charge in [0.1, 0.15) is 18.1 Å². The van der Waals surface area contributed by atoms with Crippen molar-refractivity contribution < 1.29 is 18.8 Å². The lowest BCUT2D eigenvalue weighted by molar-refractivity contribution is -0.116. The number of carbonyl (C=O) groups is 3. The predicted octanol–water partition coefficient (Wildman–Crippen LogP) is 3.89. The molecule has 2 aromatic carbocycles. The normalized spacial score (nSPS) is 17.2. The molecule has 5 rings (SSSR count). The first-order valence-corrected chi connectivity index (χ1v) is 10.9. The number of amides is 4. The van der Waals surface area contributed by atoms with Crippen LogP contribution in [-0.4, -0.2) is 58.3 Å². The van der Waals surface area contributed by atoms with Gasteiger partial charge in [-0.25, -0.2) is 14.1 Å². The molecular formula is C25H23FN4O3. The first kappa shape index (κ1) is 20.9. The minimum absolute atomic E-state index is 0.0595. The molecule has 1 aromatic heterocycles. The maximum absolute atomic E-state index is 13.2. The van der Waals surface area contributed by atoms with E-state index in [9.17, 15) is 18.8 Å². The third-order valence-corrected chi connectivity index (χ3v) is 6.29. The number of nitrogens with zero attached hydrogens (tertiary/aromatic N) is 3. The van der Waals surface area contributed by atoms with E-state index >= 15 is 0 Å². The van der Waals surface area contributed by atoms with E-state index in [0.29, 0.717) is 37.3 Å². The number of hydrogen-bond donors (Lipinski definition) is 1. The number of para-hydroxylation sites is 1. The number of likely N-dealkylation sites (tertiary alicyclic amines) is 1. The standard InChI is InChI=1S/C25H23FN4O3/c26-19-8-6-17(7-9-19)18-14-22(27-15-18)24(32)28-12-10-20(11-13-28)29-16-23(31)30(25(29)33)21-4-2-1-3-5-21/h1-9,14-15,20,27H,10-13,16H2. The fourth-order valence-electron chi connectivity index (χ4n) is 4.51. The highest BCUT2D eigenvalue weighted by Crippen LogP contribution is 2.27. The zero-order chi connectivity index (χ0) is 22.9. The lowest BCUT2D eigenvalue weighted by atomic mass is 10.0. The van der Waals surface area contributed by atoms with Crippen molar-refractivity contribution in [3.63, 3.8) is 0 Å². The molecule has 1 N–H and O–H groups in total. The van der Waals surface area contributed by atoms with Crippen LogP contribution in [-0.2, 0) is 4.79 Å². The van der Waals surface area contributed by atoms with Crippen molar-refractivity contribution >= 4 is 23.5 Å². The van der Waals surface area contributed by atoms with Crippen molar-refractivity contribution in [1.29, 1.82) is 0 Å². The van der Waals surface area contributed by atoms with Crippen molar-refractivity contribution in [2.75, 3.05) is 24.5 Å². The van der Waals surface area contributed by atoms with Gasteiger partial charge in [0.15, 0.2) is 0 Å². The average Bonchev–Trinajstić information content (AvgIpc) is 3.44. The van der Waals surface area contributed by atoms with Gasteiger partial charge in [-0.05, 0) is 54.3 Å². The molecule has 2 saturated heterocycles. The average molecular weight is 446 g/mol. The van der Waals surface area contributed by atoms with Gasteiger partial charge >= 0.3 is 6.03 Å². The highest BCUT2D eigenvalue weighted by Gasteiger charge is 2.41. The Morgan fingerprint density at radius 3 is 2.33 bits per heavy atom. The summed E-state index contributed by atoms with van der Waals surface area (Å²) < 4.78 is 13.2. The number of hydrogen-bond acceptors (Lipinski definition) is 3. The zero-order valence-electron chi connectivity index (χ0n) is 17.9. The third-order valence-electron chi connectivity index (χ3n) is 6.29. The highest BCUT2D eigenvalue weighted by molar-refractivity contribution is 6.19. The molecule has 8 heteroatoms. The smallest absolute Gasteiger partial charge is 0.332 e. The van der Waals surface area contributed by atoms with Crippen molar-refractivity contribution in [3.05, 3.63) is 78.4 Å². The summed E-state index contributed by atoms with van der Waals surface area (Å²) in [5.41, 5.74) is 2.68. The van der Waals surface area contributed by atoms with Gasteiger partial charge in [0, 0.05) is 25.3 Å². The molecule has 3 aromatic rings. The molecule has 168 valence electrons. The van der Waals surface area contributed by atoms with E-state index in [-0.39, 0.29) is 36.2 Å². The molecule has 0 aliphatic carbocycles. The van der Waals surface area contributed by atoms with E-state index < -0.39 is 0 Å². The molecule has 3 heterocycles. The van der Waals surface area contributed by atoms with Crippen molar-refractivity contribution in [1.82, 2.24) is 14.8 Å². The van der Waals surface area contributed by atoms with Gasteiger partial charge < -0.3 is 14.8 Å². The summed E-state index contributed by atoms with van der Waals surface area (Å²) in [4.78, 5) is 46.0.